The third-order valence-corrected chi connectivity index (χ3v) is 8.10. The molecule has 8 nitrogen and oxygen atoms in total. The largest absolute Gasteiger partial charge is 0.340 e. The van der Waals surface area contributed by atoms with Crippen LogP contribution in [0.5, 0.6) is 0 Å². The SMILES string of the molecule is CCS(=O)(=O)N1CCN(C(=O)CCNS(=O)(=O)c2cc(C)ccc2C)CC1. The van der Waals surface area contributed by atoms with E-state index >= 15 is 0 Å². The molecule has 1 aliphatic rings. The van der Waals surface area contributed by atoms with E-state index in [2.05, 4.69) is 4.72 Å². The van der Waals surface area contributed by atoms with Gasteiger partial charge < -0.3 is 4.90 Å². The molecule has 1 aromatic rings. The van der Waals surface area contributed by atoms with Crippen LogP contribution in [0, 0.1) is 13.8 Å². The van der Waals surface area contributed by atoms with Crippen LogP contribution in [-0.2, 0) is 24.8 Å². The minimum Gasteiger partial charge on any atom is -0.340 e. The summed E-state index contributed by atoms with van der Waals surface area (Å²) >= 11 is 0. The lowest BCUT2D eigenvalue weighted by molar-refractivity contribution is -0.132. The Kier molecular flexibility index (Phi) is 7.01. The van der Waals surface area contributed by atoms with Gasteiger partial charge in [0.25, 0.3) is 0 Å². The molecule has 10 heteroatoms. The normalized spacial score (nSPS) is 16.5. The number of amides is 1. The minimum absolute atomic E-state index is 0.00201. The second kappa shape index (κ2) is 8.68. The lowest BCUT2D eigenvalue weighted by atomic mass is 10.2. The van der Waals surface area contributed by atoms with E-state index in [1.807, 2.05) is 13.0 Å². The number of nitrogens with one attached hydrogen (secondary N) is 1. The van der Waals surface area contributed by atoms with Crippen molar-refractivity contribution in [3.05, 3.63) is 29.3 Å². The van der Waals surface area contributed by atoms with Crippen molar-refractivity contribution in [2.75, 3.05) is 38.5 Å². The zero-order valence-electron chi connectivity index (χ0n) is 15.9. The number of carbonyl (C=O) groups is 1. The summed E-state index contributed by atoms with van der Waals surface area (Å²) in [5.41, 5.74) is 1.49. The summed E-state index contributed by atoms with van der Waals surface area (Å²) in [6.07, 6.45) is 0.0324. The summed E-state index contributed by atoms with van der Waals surface area (Å²) in [6, 6.07) is 5.20. The second-order valence-electron chi connectivity index (χ2n) is 6.60. The first-order valence-electron chi connectivity index (χ1n) is 8.89. The molecule has 0 aromatic heterocycles. The molecule has 27 heavy (non-hydrogen) atoms. The van der Waals surface area contributed by atoms with Gasteiger partial charge in [-0.1, -0.05) is 12.1 Å². The monoisotopic (exact) mass is 417 g/mol. The maximum absolute atomic E-state index is 12.4. The van der Waals surface area contributed by atoms with Gasteiger partial charge in [0.15, 0.2) is 0 Å². The summed E-state index contributed by atoms with van der Waals surface area (Å²) in [5.74, 6) is -0.145. The molecule has 0 radical (unpaired) electrons. The van der Waals surface area contributed by atoms with Gasteiger partial charge in [0.1, 0.15) is 0 Å². The van der Waals surface area contributed by atoms with Crippen molar-refractivity contribution >= 4 is 26.0 Å². The molecule has 152 valence electrons. The van der Waals surface area contributed by atoms with Gasteiger partial charge in [-0.15, -0.1) is 0 Å². The Hall–Kier alpha value is -1.49. The predicted molar refractivity (Wildman–Crippen MR) is 103 cm³/mol. The summed E-state index contributed by atoms with van der Waals surface area (Å²) in [6.45, 7) is 6.33. The van der Waals surface area contributed by atoms with Gasteiger partial charge in [-0.25, -0.2) is 21.6 Å². The van der Waals surface area contributed by atoms with Gasteiger partial charge in [-0.05, 0) is 38.0 Å². The molecule has 0 bridgehead atoms. The topological polar surface area (TPSA) is 104 Å². The summed E-state index contributed by atoms with van der Waals surface area (Å²) in [5, 5.41) is 0. The van der Waals surface area contributed by atoms with Crippen molar-refractivity contribution in [3.63, 3.8) is 0 Å². The van der Waals surface area contributed by atoms with E-state index in [-0.39, 0.29) is 42.6 Å². The molecular weight excluding hydrogens is 390 g/mol. The molecule has 1 aromatic carbocycles. The van der Waals surface area contributed by atoms with E-state index in [1.54, 1.807) is 30.9 Å². The van der Waals surface area contributed by atoms with Crippen LogP contribution in [0.25, 0.3) is 0 Å². The van der Waals surface area contributed by atoms with E-state index < -0.39 is 20.0 Å². The van der Waals surface area contributed by atoms with Crippen LogP contribution < -0.4 is 4.72 Å². The highest BCUT2D eigenvalue weighted by Gasteiger charge is 2.27. The summed E-state index contributed by atoms with van der Waals surface area (Å²) in [4.78, 5) is 14.1. The Morgan fingerprint density at radius 3 is 2.30 bits per heavy atom. The molecule has 1 N–H and O–H groups in total. The molecule has 1 heterocycles. The Morgan fingerprint density at radius 2 is 1.70 bits per heavy atom. The highest BCUT2D eigenvalue weighted by atomic mass is 32.2. The molecule has 2 rings (SSSR count). The number of benzene rings is 1. The first-order valence-corrected chi connectivity index (χ1v) is 12.0. The Morgan fingerprint density at radius 1 is 1.07 bits per heavy atom. The third-order valence-electron chi connectivity index (χ3n) is 4.61. The number of carbonyl (C=O) groups excluding carboxylic acids is 1. The van der Waals surface area contributed by atoms with Gasteiger partial charge in [0.2, 0.25) is 26.0 Å². The Labute approximate surface area is 161 Å². The van der Waals surface area contributed by atoms with E-state index in [4.69, 9.17) is 0 Å². The fourth-order valence-corrected chi connectivity index (χ4v) is 5.37. The van der Waals surface area contributed by atoms with Crippen LogP contribution >= 0.6 is 0 Å². The highest BCUT2D eigenvalue weighted by Crippen LogP contribution is 2.16. The fraction of sp³-hybridized carbons (Fsp3) is 0.588. The van der Waals surface area contributed by atoms with Crippen LogP contribution in [0.3, 0.4) is 0 Å². The lowest BCUT2D eigenvalue weighted by Crippen LogP contribution is -2.51. The van der Waals surface area contributed by atoms with E-state index in [1.165, 1.54) is 4.31 Å². The first kappa shape index (κ1) is 21.8. The quantitative estimate of drug-likeness (QED) is 0.694. The van der Waals surface area contributed by atoms with Crippen LogP contribution in [0.15, 0.2) is 23.1 Å². The number of sulfonamides is 2. The van der Waals surface area contributed by atoms with Gasteiger partial charge in [-0.2, -0.15) is 4.31 Å². The van der Waals surface area contributed by atoms with Crippen LogP contribution in [0.2, 0.25) is 0 Å². The van der Waals surface area contributed by atoms with Gasteiger partial charge in [0, 0.05) is 39.1 Å². The molecule has 1 fully saturated rings. The predicted octanol–water partition coefficient (Wildman–Crippen LogP) is 0.466. The smallest absolute Gasteiger partial charge is 0.240 e. The van der Waals surface area contributed by atoms with Crippen molar-refractivity contribution in [2.45, 2.75) is 32.1 Å². The maximum Gasteiger partial charge on any atom is 0.240 e. The van der Waals surface area contributed by atoms with Crippen molar-refractivity contribution in [3.8, 4) is 0 Å². The zero-order valence-corrected chi connectivity index (χ0v) is 17.6. The van der Waals surface area contributed by atoms with E-state index in [0.29, 0.717) is 18.7 Å². The Bertz CT molecular complexity index is 889. The van der Waals surface area contributed by atoms with Gasteiger partial charge in [0.05, 0.1) is 10.6 Å². The maximum atomic E-state index is 12.4. The van der Waals surface area contributed by atoms with E-state index in [9.17, 15) is 21.6 Å². The standard InChI is InChI=1S/C17H27N3O5S2/c1-4-26(22,23)20-11-9-19(10-12-20)17(21)7-8-18-27(24,25)16-13-14(2)5-6-15(16)3/h5-6,13,18H,4,7-12H2,1-3H3. The summed E-state index contributed by atoms with van der Waals surface area (Å²) in [7, 11) is -6.92. The van der Waals surface area contributed by atoms with Crippen molar-refractivity contribution in [1.82, 2.24) is 13.9 Å². The van der Waals surface area contributed by atoms with Crippen molar-refractivity contribution in [2.24, 2.45) is 0 Å². The molecule has 0 spiro atoms. The number of piperazine rings is 1. The number of nitrogens with zero attached hydrogens (tertiary/aromatic N) is 2. The molecule has 0 aliphatic carbocycles. The molecule has 0 atom stereocenters. The van der Waals surface area contributed by atoms with Gasteiger partial charge in [-0.3, -0.25) is 4.79 Å². The molecule has 1 amide bonds. The molecule has 1 aliphatic heterocycles. The second-order valence-corrected chi connectivity index (χ2v) is 10.6. The van der Waals surface area contributed by atoms with Crippen LogP contribution in [-0.4, -0.2) is 70.4 Å². The van der Waals surface area contributed by atoms with Crippen LogP contribution in [0.4, 0.5) is 0 Å². The number of aryl methyl sites for hydroxylation is 2. The molecular formula is C17H27N3O5S2. The number of hydrogen-bond donors (Lipinski definition) is 1. The molecule has 1 saturated heterocycles. The fourth-order valence-electron chi connectivity index (χ4n) is 2.92. The molecule has 0 saturated carbocycles. The Balaban J connectivity index is 1.87. The average Bonchev–Trinajstić information content (AvgIpc) is 2.63. The van der Waals surface area contributed by atoms with E-state index in [0.717, 1.165) is 5.56 Å². The third kappa shape index (κ3) is 5.50. The van der Waals surface area contributed by atoms with Crippen LogP contribution in [0.1, 0.15) is 24.5 Å². The average molecular weight is 418 g/mol. The van der Waals surface area contributed by atoms with Crippen molar-refractivity contribution in [1.29, 1.82) is 0 Å². The van der Waals surface area contributed by atoms with Gasteiger partial charge >= 0.3 is 0 Å². The number of rotatable bonds is 7. The lowest BCUT2D eigenvalue weighted by Gasteiger charge is -2.33. The van der Waals surface area contributed by atoms with Crippen molar-refractivity contribution < 1.29 is 21.6 Å². The molecule has 0 unspecified atom stereocenters. The minimum atomic E-state index is -3.68. The zero-order chi connectivity index (χ0) is 20.2. The number of hydrogen-bond acceptors (Lipinski definition) is 5. The summed E-state index contributed by atoms with van der Waals surface area (Å²) < 4.78 is 52.4. The highest BCUT2D eigenvalue weighted by molar-refractivity contribution is 7.89. The first-order chi connectivity index (χ1) is 12.6.